The third-order valence-corrected chi connectivity index (χ3v) is 10.2. The Bertz CT molecular complexity index is 1670. The highest BCUT2D eigenvalue weighted by atomic mass is 32.2. The van der Waals surface area contributed by atoms with Crippen LogP contribution in [-0.4, -0.2) is 67.7 Å². The van der Waals surface area contributed by atoms with Crippen LogP contribution >= 0.6 is 0 Å². The summed E-state index contributed by atoms with van der Waals surface area (Å²) >= 11 is 0. The monoisotopic (exact) mass is 711 g/mol. The molecule has 2 aromatic rings. The predicted octanol–water partition coefficient (Wildman–Crippen LogP) is 3.18. The van der Waals surface area contributed by atoms with Gasteiger partial charge < -0.3 is 29.6 Å². The first-order valence-corrected chi connectivity index (χ1v) is 18.8. The molecule has 4 N–H and O–H groups in total. The molecular formula is C34H51N2O10S2-. The molecular weight excluding hydrogens is 661 g/mol. The highest BCUT2D eigenvalue weighted by Crippen LogP contribution is 2.28. The number of esters is 2. The molecule has 270 valence electrons. The second-order valence-corrected chi connectivity index (χ2v) is 16.7. The largest absolute Gasteiger partial charge is 0.744 e. The van der Waals surface area contributed by atoms with Gasteiger partial charge in [-0.1, -0.05) is 56.2 Å². The van der Waals surface area contributed by atoms with Crippen molar-refractivity contribution in [2.45, 2.75) is 121 Å². The first kappa shape index (κ1) is 41.3. The van der Waals surface area contributed by atoms with Gasteiger partial charge in [-0.3, -0.25) is 4.79 Å². The summed E-state index contributed by atoms with van der Waals surface area (Å²) in [4.78, 5) is 25.9. The molecule has 2 aromatic carbocycles. The number of quaternary nitrogens is 1. The number of carbonyl (C=O) groups is 2. The number of rotatable bonds is 17. The van der Waals surface area contributed by atoms with Crippen molar-refractivity contribution in [1.82, 2.24) is 5.32 Å². The Balaban J connectivity index is 2.07. The Kier molecular flexibility index (Phi) is 14.0. The molecule has 0 aliphatic carbocycles. The van der Waals surface area contributed by atoms with Crippen LogP contribution in [0.4, 0.5) is 0 Å². The van der Waals surface area contributed by atoms with Crippen molar-refractivity contribution >= 4 is 32.2 Å². The van der Waals surface area contributed by atoms with E-state index in [1.54, 1.807) is 79.7 Å². The van der Waals surface area contributed by atoms with Crippen molar-refractivity contribution < 1.29 is 50.7 Å². The van der Waals surface area contributed by atoms with Gasteiger partial charge in [0.2, 0.25) is 0 Å². The highest BCUT2D eigenvalue weighted by molar-refractivity contribution is 7.86. The summed E-state index contributed by atoms with van der Waals surface area (Å²) in [7, 11) is -9.40. The molecule has 12 nitrogen and oxygen atoms in total. The molecule has 0 bridgehead atoms. The maximum Gasteiger partial charge on any atom is 0.365 e. The van der Waals surface area contributed by atoms with Crippen LogP contribution in [0.5, 0.6) is 0 Å². The molecule has 0 heterocycles. The maximum atomic E-state index is 13.4. The number of ether oxygens (including phenoxy) is 2. The van der Waals surface area contributed by atoms with Crippen molar-refractivity contribution in [2.75, 3.05) is 6.54 Å². The number of hydrogen-bond donors (Lipinski definition) is 2. The van der Waals surface area contributed by atoms with E-state index < -0.39 is 67.3 Å². The summed E-state index contributed by atoms with van der Waals surface area (Å²) < 4.78 is 82.6. The maximum absolute atomic E-state index is 13.4. The molecule has 0 spiro atoms. The van der Waals surface area contributed by atoms with Crippen molar-refractivity contribution in [1.29, 1.82) is 0 Å². The molecule has 0 saturated carbocycles. The SMILES string of the molecule is CCN[C@H](C(=O)OC(C)(C)CCC(C)(C)OC(=O)[C@@H]([NH3+])C(C)Cc1cc(C)ccc1S(=O)(=O)[O-])C(C)Cc1cc(C)ccc1S(=O)(=O)[O-]. The smallest absolute Gasteiger partial charge is 0.365 e. The molecule has 0 fully saturated rings. The average molecular weight is 712 g/mol. The molecule has 14 heteroatoms. The van der Waals surface area contributed by atoms with Crippen molar-refractivity contribution in [3.05, 3.63) is 58.7 Å². The first-order valence-electron chi connectivity index (χ1n) is 16.0. The van der Waals surface area contributed by atoms with Gasteiger partial charge in [0, 0.05) is 5.92 Å². The predicted molar refractivity (Wildman–Crippen MR) is 178 cm³/mol. The van der Waals surface area contributed by atoms with Crippen LogP contribution in [0.3, 0.4) is 0 Å². The number of nitrogens with one attached hydrogen (secondary N) is 1. The fourth-order valence-electron chi connectivity index (χ4n) is 5.53. The zero-order valence-electron chi connectivity index (χ0n) is 29.4. The Morgan fingerprint density at radius 2 is 1.17 bits per heavy atom. The third kappa shape index (κ3) is 12.2. The Hall–Kier alpha value is -2.88. The molecule has 0 amide bonds. The van der Waals surface area contributed by atoms with Gasteiger partial charge in [0.25, 0.3) is 0 Å². The second-order valence-electron chi connectivity index (χ2n) is 14.0. The average Bonchev–Trinajstić information content (AvgIpc) is 2.92. The van der Waals surface area contributed by atoms with E-state index in [0.717, 1.165) is 11.1 Å². The number of likely N-dealkylation sites (N-methyl/N-ethyl adjacent to an activating group) is 1. The van der Waals surface area contributed by atoms with E-state index >= 15 is 0 Å². The van der Waals surface area contributed by atoms with E-state index in [1.807, 2.05) is 6.92 Å². The number of hydrogen-bond acceptors (Lipinski definition) is 11. The van der Waals surface area contributed by atoms with Crippen LogP contribution in [0.1, 0.15) is 83.6 Å². The lowest BCUT2D eigenvalue weighted by molar-refractivity contribution is -0.421. The highest BCUT2D eigenvalue weighted by Gasteiger charge is 2.36. The van der Waals surface area contributed by atoms with E-state index in [9.17, 15) is 35.5 Å². The molecule has 2 rings (SSSR count). The van der Waals surface area contributed by atoms with Gasteiger partial charge in [-0.25, -0.2) is 21.6 Å². The molecule has 0 radical (unpaired) electrons. The number of carbonyl (C=O) groups excluding carboxylic acids is 2. The molecule has 48 heavy (non-hydrogen) atoms. The van der Waals surface area contributed by atoms with Crippen LogP contribution in [0, 0.1) is 25.7 Å². The minimum Gasteiger partial charge on any atom is -0.744 e. The lowest BCUT2D eigenvalue weighted by Crippen LogP contribution is -2.69. The zero-order valence-corrected chi connectivity index (χ0v) is 31.0. The van der Waals surface area contributed by atoms with Gasteiger partial charge >= 0.3 is 11.9 Å². The minimum absolute atomic E-state index is 0.133. The van der Waals surface area contributed by atoms with Gasteiger partial charge in [-0.2, -0.15) is 0 Å². The summed E-state index contributed by atoms with van der Waals surface area (Å²) in [5.41, 5.74) is 4.24. The van der Waals surface area contributed by atoms with E-state index in [-0.39, 0.29) is 22.6 Å². The van der Waals surface area contributed by atoms with Gasteiger partial charge in [0.1, 0.15) is 37.5 Å². The van der Waals surface area contributed by atoms with Crippen molar-refractivity contribution in [2.24, 2.45) is 11.8 Å². The standard InChI is InChI=1S/C34H52N2O10S2/c1-10-36-30(24(5)20-26-18-22(3)12-14-28(26)48(42,43)44)32(38)46-34(8,9)16-15-33(6,7)45-31(37)29(35)23(4)19-25-17-21(2)11-13-27(25)47(39,40)41/h11-14,17-18,23-24,29-30,36H,10,15-16,19-20,35H2,1-9H3,(H,39,40,41)(H,42,43,44)/p-1/t23?,24?,29-,30-/m0/s1. The fourth-order valence-corrected chi connectivity index (χ4v) is 6.93. The summed E-state index contributed by atoms with van der Waals surface area (Å²) in [5, 5.41) is 3.12. The summed E-state index contributed by atoms with van der Waals surface area (Å²) in [6.07, 6.45) is 0.936. The topological polar surface area (TPSA) is 207 Å². The molecule has 0 aromatic heterocycles. The second kappa shape index (κ2) is 16.2. The number of aryl methyl sites for hydroxylation is 2. The van der Waals surface area contributed by atoms with E-state index in [1.165, 1.54) is 12.1 Å². The van der Waals surface area contributed by atoms with Crippen LogP contribution in [-0.2, 0) is 52.1 Å². The van der Waals surface area contributed by atoms with E-state index in [2.05, 4.69) is 11.1 Å². The van der Waals surface area contributed by atoms with E-state index in [4.69, 9.17) is 9.47 Å². The van der Waals surface area contributed by atoms with Gasteiger partial charge in [-0.15, -0.1) is 0 Å². The normalized spacial score (nSPS) is 15.3. The Morgan fingerprint density at radius 1 is 0.771 bits per heavy atom. The fraction of sp³-hybridized carbons (Fsp3) is 0.588. The van der Waals surface area contributed by atoms with Crippen LogP contribution in [0.15, 0.2) is 46.2 Å². The molecule has 2 unspecified atom stereocenters. The Morgan fingerprint density at radius 3 is 1.56 bits per heavy atom. The lowest BCUT2D eigenvalue weighted by atomic mass is 9.91. The zero-order chi connectivity index (χ0) is 36.8. The molecule has 0 aliphatic heterocycles. The quantitative estimate of drug-likeness (QED) is 0.180. The van der Waals surface area contributed by atoms with Crippen LogP contribution in [0.2, 0.25) is 0 Å². The van der Waals surface area contributed by atoms with Crippen LogP contribution in [0.25, 0.3) is 0 Å². The lowest BCUT2D eigenvalue weighted by Gasteiger charge is -2.33. The molecule has 0 aliphatic rings. The summed E-state index contributed by atoms with van der Waals surface area (Å²) in [5.74, 6) is -1.99. The van der Waals surface area contributed by atoms with Gasteiger partial charge in [0.05, 0.1) is 9.79 Å². The van der Waals surface area contributed by atoms with Gasteiger partial charge in [-0.05, 0) is 103 Å². The minimum atomic E-state index is -4.71. The van der Waals surface area contributed by atoms with E-state index in [0.29, 0.717) is 30.5 Å². The summed E-state index contributed by atoms with van der Waals surface area (Å²) in [6.45, 7) is 16.3. The summed E-state index contributed by atoms with van der Waals surface area (Å²) in [6, 6.07) is 7.27. The number of benzene rings is 2. The van der Waals surface area contributed by atoms with Gasteiger partial charge in [0.15, 0.2) is 6.04 Å². The molecule has 4 atom stereocenters. The molecule has 0 saturated heterocycles. The first-order chi connectivity index (χ1) is 21.9. The Labute approximate surface area is 285 Å². The van der Waals surface area contributed by atoms with Crippen molar-refractivity contribution in [3.8, 4) is 0 Å². The third-order valence-electron chi connectivity index (χ3n) is 8.37. The van der Waals surface area contributed by atoms with Crippen LogP contribution < -0.4 is 11.1 Å². The van der Waals surface area contributed by atoms with Crippen molar-refractivity contribution in [3.63, 3.8) is 0 Å².